The van der Waals surface area contributed by atoms with Gasteiger partial charge in [-0.25, -0.2) is 4.98 Å². The Morgan fingerprint density at radius 1 is 0.871 bits per heavy atom. The minimum absolute atomic E-state index is 0.199. The van der Waals surface area contributed by atoms with Gasteiger partial charge in [-0.15, -0.1) is 0 Å². The van der Waals surface area contributed by atoms with Crippen molar-refractivity contribution in [3.05, 3.63) is 84.2 Å². The van der Waals surface area contributed by atoms with Crippen LogP contribution in [0.5, 0.6) is 0 Å². The number of imidazole rings is 1. The number of anilines is 1. The predicted molar refractivity (Wildman–Crippen MR) is 114 cm³/mol. The third kappa shape index (κ3) is 3.55. The molecule has 0 spiro atoms. The molecule has 4 aromatic rings. The van der Waals surface area contributed by atoms with E-state index < -0.39 is 18.1 Å². The van der Waals surface area contributed by atoms with Crippen molar-refractivity contribution >= 4 is 16.7 Å². The number of para-hydroxylation sites is 3. The molecule has 1 N–H and O–H groups in total. The lowest BCUT2D eigenvalue weighted by Gasteiger charge is -2.34. The molecule has 5 rings (SSSR count). The maximum Gasteiger partial charge on any atom is 0.449 e. The van der Waals surface area contributed by atoms with Crippen LogP contribution >= 0.6 is 0 Å². The van der Waals surface area contributed by atoms with Gasteiger partial charge in [-0.1, -0.05) is 54.6 Å². The molecule has 0 fully saturated rings. The van der Waals surface area contributed by atoms with Gasteiger partial charge in [0.2, 0.25) is 5.82 Å². The number of aliphatic hydroxyl groups is 1. The second-order valence-electron chi connectivity index (χ2n) is 7.74. The molecule has 158 valence electrons. The molecule has 1 unspecified atom stereocenters. The maximum absolute atomic E-state index is 13.6. The van der Waals surface area contributed by atoms with Gasteiger partial charge in [-0.05, 0) is 29.3 Å². The van der Waals surface area contributed by atoms with Gasteiger partial charge in [-0.3, -0.25) is 0 Å². The van der Waals surface area contributed by atoms with E-state index in [4.69, 9.17) is 0 Å². The molecule has 1 aliphatic rings. The monoisotopic (exact) mass is 423 g/mol. The van der Waals surface area contributed by atoms with Crippen LogP contribution in [-0.2, 0) is 19.3 Å². The Bertz CT molecular complexity index is 1250. The van der Waals surface area contributed by atoms with Crippen LogP contribution in [0.4, 0.5) is 18.9 Å². The first-order valence-corrected chi connectivity index (χ1v) is 10.0. The number of aromatic nitrogens is 2. The fourth-order valence-electron chi connectivity index (χ4n) is 4.35. The average Bonchev–Trinajstić information content (AvgIpc) is 3.13. The van der Waals surface area contributed by atoms with Crippen molar-refractivity contribution in [2.75, 3.05) is 11.4 Å². The zero-order valence-corrected chi connectivity index (χ0v) is 16.5. The van der Waals surface area contributed by atoms with E-state index in [9.17, 15) is 18.3 Å². The normalized spacial score (nSPS) is 14.4. The zero-order valence-electron chi connectivity index (χ0n) is 16.5. The highest BCUT2D eigenvalue weighted by Gasteiger charge is 2.38. The summed E-state index contributed by atoms with van der Waals surface area (Å²) in [7, 11) is 0. The highest BCUT2D eigenvalue weighted by atomic mass is 19.4. The minimum atomic E-state index is -4.60. The zero-order chi connectivity index (χ0) is 21.6. The van der Waals surface area contributed by atoms with Gasteiger partial charge in [0.05, 0.1) is 23.7 Å². The largest absolute Gasteiger partial charge is 0.449 e. The molecule has 0 aliphatic carbocycles. The lowest BCUT2D eigenvalue weighted by molar-refractivity contribution is -0.147. The molecule has 7 heteroatoms. The SMILES string of the molecule is OC(CN1Cc2ccccc2-c2ccccc21)Cn1c(C(F)(F)F)nc2ccccc21. The fourth-order valence-corrected chi connectivity index (χ4v) is 4.35. The minimum Gasteiger partial charge on any atom is -0.389 e. The number of aliphatic hydroxyl groups excluding tert-OH is 1. The van der Waals surface area contributed by atoms with Crippen molar-refractivity contribution in [1.82, 2.24) is 9.55 Å². The Morgan fingerprint density at radius 3 is 2.35 bits per heavy atom. The molecule has 0 bridgehead atoms. The van der Waals surface area contributed by atoms with Gasteiger partial charge >= 0.3 is 6.18 Å². The van der Waals surface area contributed by atoms with E-state index in [1.165, 1.54) is 0 Å². The molecule has 2 heterocycles. The van der Waals surface area contributed by atoms with Crippen molar-refractivity contribution in [2.24, 2.45) is 0 Å². The summed E-state index contributed by atoms with van der Waals surface area (Å²) >= 11 is 0. The van der Waals surface area contributed by atoms with Crippen LogP contribution in [-0.4, -0.2) is 27.3 Å². The summed E-state index contributed by atoms with van der Waals surface area (Å²) in [4.78, 5) is 5.79. The number of alkyl halides is 3. The van der Waals surface area contributed by atoms with Gasteiger partial charge < -0.3 is 14.6 Å². The first-order valence-electron chi connectivity index (χ1n) is 10.0. The molecular weight excluding hydrogens is 403 g/mol. The maximum atomic E-state index is 13.6. The van der Waals surface area contributed by atoms with Crippen LogP contribution in [0.1, 0.15) is 11.4 Å². The van der Waals surface area contributed by atoms with Crippen LogP contribution < -0.4 is 4.90 Å². The number of hydrogen-bond donors (Lipinski definition) is 1. The van der Waals surface area contributed by atoms with Crippen LogP contribution in [0.25, 0.3) is 22.2 Å². The lowest BCUT2D eigenvalue weighted by Crippen LogP contribution is -2.36. The average molecular weight is 423 g/mol. The van der Waals surface area contributed by atoms with Crippen molar-refractivity contribution in [3.63, 3.8) is 0 Å². The van der Waals surface area contributed by atoms with Crippen LogP contribution in [0.15, 0.2) is 72.8 Å². The smallest absolute Gasteiger partial charge is 0.389 e. The van der Waals surface area contributed by atoms with E-state index >= 15 is 0 Å². The predicted octanol–water partition coefficient (Wildman–Crippen LogP) is 5.10. The Hall–Kier alpha value is -3.32. The summed E-state index contributed by atoms with van der Waals surface area (Å²) in [6, 6.07) is 22.4. The number of hydrogen-bond acceptors (Lipinski definition) is 3. The summed E-state index contributed by atoms with van der Waals surface area (Å²) in [6.45, 7) is 0.589. The third-order valence-corrected chi connectivity index (χ3v) is 5.65. The van der Waals surface area contributed by atoms with Crippen molar-refractivity contribution in [1.29, 1.82) is 0 Å². The number of rotatable bonds is 4. The Morgan fingerprint density at radius 2 is 1.55 bits per heavy atom. The molecule has 31 heavy (non-hydrogen) atoms. The second kappa shape index (κ2) is 7.42. The molecule has 4 nitrogen and oxygen atoms in total. The Kier molecular flexibility index (Phi) is 4.70. The topological polar surface area (TPSA) is 41.3 Å². The van der Waals surface area contributed by atoms with Crippen LogP contribution in [0, 0.1) is 0 Å². The van der Waals surface area contributed by atoms with Gasteiger partial charge in [0.15, 0.2) is 0 Å². The summed E-state index contributed by atoms with van der Waals surface area (Å²) < 4.78 is 41.8. The van der Waals surface area contributed by atoms with Gasteiger partial charge in [0.25, 0.3) is 0 Å². The Balaban J connectivity index is 1.45. The molecule has 0 saturated heterocycles. The van der Waals surface area contributed by atoms with Crippen LogP contribution in [0.2, 0.25) is 0 Å². The molecule has 1 aromatic heterocycles. The molecule has 1 aliphatic heterocycles. The number of β-amino-alcohol motifs (C(OH)–C–C–N with tert-alkyl or cyclic N) is 1. The number of fused-ring (bicyclic) bond motifs is 4. The molecule has 0 saturated carbocycles. The van der Waals surface area contributed by atoms with Crippen molar-refractivity contribution in [2.45, 2.75) is 25.4 Å². The lowest BCUT2D eigenvalue weighted by atomic mass is 9.93. The number of nitrogens with zero attached hydrogens (tertiary/aromatic N) is 3. The highest BCUT2D eigenvalue weighted by molar-refractivity contribution is 5.83. The van der Waals surface area contributed by atoms with Crippen molar-refractivity contribution in [3.8, 4) is 11.1 Å². The first-order chi connectivity index (χ1) is 14.9. The first kappa shape index (κ1) is 19.6. The standard InChI is InChI=1S/C24H20F3N3O/c25-24(26,27)23-28-20-10-4-6-12-22(20)30(23)15-17(31)14-29-13-16-7-1-2-8-18(16)19-9-3-5-11-21(19)29/h1-12,17,31H,13-15H2. The molecule has 0 amide bonds. The van der Waals surface area contributed by atoms with E-state index in [-0.39, 0.29) is 18.6 Å². The molecule has 3 aromatic carbocycles. The number of benzene rings is 3. The van der Waals surface area contributed by atoms with Gasteiger partial charge in [0, 0.05) is 24.3 Å². The van der Waals surface area contributed by atoms with Crippen molar-refractivity contribution < 1.29 is 18.3 Å². The van der Waals surface area contributed by atoms with E-state index in [2.05, 4.69) is 11.1 Å². The molecular formula is C24H20F3N3O. The Labute approximate surface area is 177 Å². The van der Waals surface area contributed by atoms with E-state index in [1.807, 2.05) is 47.4 Å². The summed E-state index contributed by atoms with van der Waals surface area (Å²) in [5.74, 6) is -0.989. The molecule has 1 atom stereocenters. The van der Waals surface area contributed by atoms with E-state index in [0.717, 1.165) is 26.9 Å². The number of halogens is 3. The summed E-state index contributed by atoms with van der Waals surface area (Å²) in [5, 5.41) is 10.8. The summed E-state index contributed by atoms with van der Waals surface area (Å²) in [5.41, 5.74) is 4.91. The fraction of sp³-hybridized carbons (Fsp3) is 0.208. The van der Waals surface area contributed by atoms with Gasteiger partial charge in [0.1, 0.15) is 0 Å². The summed E-state index contributed by atoms with van der Waals surface area (Å²) in [6.07, 6.45) is -5.62. The van der Waals surface area contributed by atoms with E-state index in [0.29, 0.717) is 12.1 Å². The van der Waals surface area contributed by atoms with Gasteiger partial charge in [-0.2, -0.15) is 13.2 Å². The molecule has 0 radical (unpaired) electrons. The van der Waals surface area contributed by atoms with E-state index in [1.54, 1.807) is 24.3 Å². The second-order valence-corrected chi connectivity index (χ2v) is 7.74. The highest BCUT2D eigenvalue weighted by Crippen LogP contribution is 2.39. The van der Waals surface area contributed by atoms with Crippen LogP contribution in [0.3, 0.4) is 0 Å². The third-order valence-electron chi connectivity index (χ3n) is 5.65. The quantitative estimate of drug-likeness (QED) is 0.496.